The standard InChI is InChI=1S/C25H30N2O2/c1-26(2)21-11-7-19(8-12-21)9-13-24-16-20-10-14-23(17-25(20)29-24)28-18-22-6-4-5-15-27(22)3/h7-14,16-17,22H,4-6,15,18H2,1-3H3/b13-9+. The van der Waals surface area contributed by atoms with Crippen molar-refractivity contribution in [1.29, 1.82) is 0 Å². The highest BCUT2D eigenvalue weighted by Crippen LogP contribution is 2.26. The van der Waals surface area contributed by atoms with E-state index in [9.17, 15) is 0 Å². The number of anilines is 1. The van der Waals surface area contributed by atoms with Crippen molar-refractivity contribution in [1.82, 2.24) is 4.90 Å². The van der Waals surface area contributed by atoms with E-state index in [-0.39, 0.29) is 0 Å². The molecule has 1 unspecified atom stereocenters. The van der Waals surface area contributed by atoms with Crippen LogP contribution in [-0.4, -0.2) is 45.2 Å². The molecule has 0 saturated carbocycles. The first kappa shape index (κ1) is 19.6. The number of furan rings is 1. The van der Waals surface area contributed by atoms with Crippen molar-refractivity contribution in [2.75, 3.05) is 39.2 Å². The number of nitrogens with zero attached hydrogens (tertiary/aromatic N) is 2. The Bertz CT molecular complexity index is 972. The summed E-state index contributed by atoms with van der Waals surface area (Å²) in [4.78, 5) is 4.50. The van der Waals surface area contributed by atoms with E-state index >= 15 is 0 Å². The summed E-state index contributed by atoms with van der Waals surface area (Å²) < 4.78 is 12.1. The molecule has 152 valence electrons. The molecule has 1 fully saturated rings. The van der Waals surface area contributed by atoms with Crippen LogP contribution in [-0.2, 0) is 0 Å². The quantitative estimate of drug-likeness (QED) is 0.553. The maximum absolute atomic E-state index is 6.07. The van der Waals surface area contributed by atoms with Crippen LogP contribution in [0.15, 0.2) is 52.9 Å². The Morgan fingerprint density at radius 2 is 1.90 bits per heavy atom. The van der Waals surface area contributed by atoms with Crippen LogP contribution in [0.1, 0.15) is 30.6 Å². The predicted molar refractivity (Wildman–Crippen MR) is 122 cm³/mol. The van der Waals surface area contributed by atoms with Crippen LogP contribution in [0.2, 0.25) is 0 Å². The largest absolute Gasteiger partial charge is 0.492 e. The van der Waals surface area contributed by atoms with Gasteiger partial charge in [-0.05, 0) is 68.4 Å². The van der Waals surface area contributed by atoms with Crippen molar-refractivity contribution in [3.63, 3.8) is 0 Å². The van der Waals surface area contributed by atoms with Crippen LogP contribution >= 0.6 is 0 Å². The van der Waals surface area contributed by atoms with Gasteiger partial charge in [-0.25, -0.2) is 0 Å². The Labute approximate surface area is 173 Å². The van der Waals surface area contributed by atoms with Gasteiger partial charge < -0.3 is 19.0 Å². The summed E-state index contributed by atoms with van der Waals surface area (Å²) in [7, 11) is 6.28. The third-order valence-corrected chi connectivity index (χ3v) is 5.72. The third-order valence-electron chi connectivity index (χ3n) is 5.72. The van der Waals surface area contributed by atoms with E-state index in [2.05, 4.69) is 59.3 Å². The summed E-state index contributed by atoms with van der Waals surface area (Å²) in [6, 6.07) is 17.1. The molecule has 1 saturated heterocycles. The average Bonchev–Trinajstić information content (AvgIpc) is 3.14. The Hall–Kier alpha value is -2.72. The summed E-state index contributed by atoms with van der Waals surface area (Å²) in [6.45, 7) is 1.90. The summed E-state index contributed by atoms with van der Waals surface area (Å²) in [5, 5.41) is 1.09. The highest BCUT2D eigenvalue weighted by molar-refractivity contribution is 5.83. The van der Waals surface area contributed by atoms with E-state index in [0.29, 0.717) is 6.04 Å². The molecule has 4 nitrogen and oxygen atoms in total. The molecule has 0 radical (unpaired) electrons. The van der Waals surface area contributed by atoms with Gasteiger partial charge in [0.05, 0.1) is 0 Å². The van der Waals surface area contributed by atoms with Crippen LogP contribution in [0, 0.1) is 0 Å². The fraction of sp³-hybridized carbons (Fsp3) is 0.360. The molecule has 0 aliphatic carbocycles. The summed E-state index contributed by atoms with van der Waals surface area (Å²) >= 11 is 0. The minimum atomic E-state index is 0.508. The molecule has 2 heterocycles. The highest BCUT2D eigenvalue weighted by Gasteiger charge is 2.19. The zero-order valence-corrected chi connectivity index (χ0v) is 17.6. The van der Waals surface area contributed by atoms with Crippen molar-refractivity contribution in [2.24, 2.45) is 0 Å². The number of rotatable bonds is 6. The molecule has 2 aromatic carbocycles. The van der Waals surface area contributed by atoms with Gasteiger partial charge in [-0.15, -0.1) is 0 Å². The second kappa shape index (κ2) is 8.75. The molecule has 0 amide bonds. The summed E-state index contributed by atoms with van der Waals surface area (Å²) in [5.41, 5.74) is 3.21. The maximum Gasteiger partial charge on any atom is 0.138 e. The lowest BCUT2D eigenvalue weighted by Gasteiger charge is -2.32. The first-order valence-corrected chi connectivity index (χ1v) is 10.4. The molecule has 0 N–H and O–H groups in total. The van der Waals surface area contributed by atoms with Crippen LogP contribution in [0.5, 0.6) is 5.75 Å². The Kier molecular flexibility index (Phi) is 5.91. The number of likely N-dealkylation sites (N-methyl/N-ethyl adjacent to an activating group) is 1. The van der Waals surface area contributed by atoms with Crippen molar-refractivity contribution in [3.8, 4) is 5.75 Å². The van der Waals surface area contributed by atoms with E-state index in [0.717, 1.165) is 34.6 Å². The Morgan fingerprint density at radius 3 is 2.66 bits per heavy atom. The van der Waals surface area contributed by atoms with Crippen molar-refractivity contribution < 1.29 is 9.15 Å². The molecular weight excluding hydrogens is 360 g/mol. The van der Waals surface area contributed by atoms with Gasteiger partial charge in [0.1, 0.15) is 23.7 Å². The molecule has 1 aliphatic rings. The SMILES string of the molecule is CN(C)c1ccc(/C=C/c2cc3ccc(OCC4CCCCN4C)cc3o2)cc1. The van der Waals surface area contributed by atoms with Gasteiger partial charge in [-0.3, -0.25) is 0 Å². The zero-order chi connectivity index (χ0) is 20.2. The molecule has 1 aromatic heterocycles. The number of ether oxygens (including phenoxy) is 1. The zero-order valence-electron chi connectivity index (χ0n) is 17.6. The smallest absolute Gasteiger partial charge is 0.138 e. The molecule has 0 spiro atoms. The van der Waals surface area contributed by atoms with Crippen molar-refractivity contribution in [3.05, 3.63) is 59.9 Å². The first-order chi connectivity index (χ1) is 14.1. The minimum Gasteiger partial charge on any atom is -0.492 e. The first-order valence-electron chi connectivity index (χ1n) is 10.4. The van der Waals surface area contributed by atoms with Crippen LogP contribution < -0.4 is 9.64 Å². The lowest BCUT2D eigenvalue weighted by Crippen LogP contribution is -2.40. The third kappa shape index (κ3) is 4.83. The lowest BCUT2D eigenvalue weighted by molar-refractivity contribution is 0.125. The second-order valence-corrected chi connectivity index (χ2v) is 8.11. The number of fused-ring (bicyclic) bond motifs is 1. The molecule has 1 aliphatic heterocycles. The second-order valence-electron chi connectivity index (χ2n) is 8.11. The van der Waals surface area contributed by atoms with Crippen molar-refractivity contribution >= 4 is 28.8 Å². The Morgan fingerprint density at radius 1 is 1.07 bits per heavy atom. The van der Waals surface area contributed by atoms with Crippen molar-refractivity contribution in [2.45, 2.75) is 25.3 Å². The van der Waals surface area contributed by atoms with Gasteiger partial charge in [0, 0.05) is 37.3 Å². The fourth-order valence-corrected chi connectivity index (χ4v) is 3.81. The molecule has 4 heteroatoms. The van der Waals surface area contributed by atoms with Crippen LogP contribution in [0.4, 0.5) is 5.69 Å². The van der Waals surface area contributed by atoms with Gasteiger partial charge in [0.25, 0.3) is 0 Å². The van der Waals surface area contributed by atoms with Gasteiger partial charge in [0.2, 0.25) is 0 Å². The molecule has 0 bridgehead atoms. The topological polar surface area (TPSA) is 28.9 Å². The molecular formula is C25H30N2O2. The van der Waals surface area contributed by atoms with Crippen LogP contribution in [0.25, 0.3) is 23.1 Å². The molecule has 4 rings (SSSR count). The van der Waals surface area contributed by atoms with Crippen LogP contribution in [0.3, 0.4) is 0 Å². The van der Waals surface area contributed by atoms with E-state index < -0.39 is 0 Å². The number of piperidine rings is 1. The number of hydrogen-bond donors (Lipinski definition) is 0. The molecule has 1 atom stereocenters. The highest BCUT2D eigenvalue weighted by atomic mass is 16.5. The van der Waals surface area contributed by atoms with Gasteiger partial charge in [0.15, 0.2) is 0 Å². The molecule has 29 heavy (non-hydrogen) atoms. The fourth-order valence-electron chi connectivity index (χ4n) is 3.81. The monoisotopic (exact) mass is 390 g/mol. The van der Waals surface area contributed by atoms with Gasteiger partial charge >= 0.3 is 0 Å². The summed E-state index contributed by atoms with van der Waals surface area (Å²) in [5.74, 6) is 1.72. The maximum atomic E-state index is 6.07. The van der Waals surface area contributed by atoms with Gasteiger partial charge in [-0.2, -0.15) is 0 Å². The van der Waals surface area contributed by atoms with E-state index in [1.807, 2.05) is 32.3 Å². The number of likely N-dealkylation sites (tertiary alicyclic amines) is 1. The van der Waals surface area contributed by atoms with E-state index in [1.165, 1.54) is 31.5 Å². The predicted octanol–water partition coefficient (Wildman–Crippen LogP) is 5.53. The normalized spacial score (nSPS) is 17.8. The summed E-state index contributed by atoms with van der Waals surface area (Å²) in [6.07, 6.45) is 7.89. The van der Waals surface area contributed by atoms with Gasteiger partial charge in [-0.1, -0.05) is 24.6 Å². The van der Waals surface area contributed by atoms with E-state index in [4.69, 9.17) is 9.15 Å². The molecule has 3 aromatic rings. The number of benzene rings is 2. The lowest BCUT2D eigenvalue weighted by atomic mass is 10.0. The minimum absolute atomic E-state index is 0.508. The van der Waals surface area contributed by atoms with E-state index in [1.54, 1.807) is 0 Å². The number of hydrogen-bond acceptors (Lipinski definition) is 4. The Balaban J connectivity index is 1.42. The average molecular weight is 391 g/mol.